The third-order valence-electron chi connectivity index (χ3n) is 2.84. The molecule has 0 aliphatic rings. The molecule has 0 spiro atoms. The van der Waals surface area contributed by atoms with E-state index < -0.39 is 11.7 Å². The Morgan fingerprint density at radius 2 is 1.74 bits per heavy atom. The predicted molar refractivity (Wildman–Crippen MR) is 71.7 cm³/mol. The number of methoxy groups -OCH3 is 2. The van der Waals surface area contributed by atoms with E-state index in [1.165, 1.54) is 6.92 Å². The Balaban J connectivity index is 2.73. The molecule has 0 aliphatic carbocycles. The van der Waals surface area contributed by atoms with Crippen molar-refractivity contribution in [2.45, 2.75) is 20.3 Å². The molecule has 0 atom stereocenters. The van der Waals surface area contributed by atoms with E-state index in [1.54, 1.807) is 14.2 Å². The van der Waals surface area contributed by atoms with Gasteiger partial charge in [-0.15, -0.1) is 0 Å². The quantitative estimate of drug-likeness (QED) is 0.786. The van der Waals surface area contributed by atoms with Gasteiger partial charge in [-0.05, 0) is 36.6 Å². The maximum atomic E-state index is 11.1. The highest BCUT2D eigenvalue weighted by Gasteiger charge is 2.10. The third-order valence-corrected chi connectivity index (χ3v) is 2.84. The predicted octanol–water partition coefficient (Wildman–Crippen LogP) is 1.26. The second-order valence-corrected chi connectivity index (χ2v) is 4.20. The smallest absolute Gasteiger partial charge is 0.287 e. The highest BCUT2D eigenvalue weighted by Crippen LogP contribution is 2.30. The molecule has 19 heavy (non-hydrogen) atoms. The number of nitrogens with one attached hydrogen (secondary N) is 1. The number of rotatable bonds is 6. The summed E-state index contributed by atoms with van der Waals surface area (Å²) in [5.74, 6) is 0.291. The first kappa shape index (κ1) is 15.0. The number of hydrogen-bond donors (Lipinski definition) is 1. The number of hydrogen-bond acceptors (Lipinski definition) is 4. The first-order chi connectivity index (χ1) is 8.99. The summed E-state index contributed by atoms with van der Waals surface area (Å²) in [6.07, 6.45) is 0.630. The van der Waals surface area contributed by atoms with E-state index in [0.29, 0.717) is 24.5 Å². The van der Waals surface area contributed by atoms with Crippen molar-refractivity contribution < 1.29 is 19.1 Å². The average Bonchev–Trinajstić information content (AvgIpc) is 2.39. The van der Waals surface area contributed by atoms with Gasteiger partial charge >= 0.3 is 0 Å². The molecule has 1 amide bonds. The first-order valence-corrected chi connectivity index (χ1v) is 5.99. The minimum Gasteiger partial charge on any atom is -0.493 e. The van der Waals surface area contributed by atoms with Crippen LogP contribution in [-0.2, 0) is 16.0 Å². The van der Waals surface area contributed by atoms with Gasteiger partial charge in [-0.2, -0.15) is 0 Å². The van der Waals surface area contributed by atoms with Gasteiger partial charge in [0.1, 0.15) is 0 Å². The second-order valence-electron chi connectivity index (χ2n) is 4.20. The lowest BCUT2D eigenvalue weighted by molar-refractivity contribution is -0.136. The van der Waals surface area contributed by atoms with E-state index in [2.05, 4.69) is 5.32 Å². The number of carbonyl (C=O) groups excluding carboxylic acids is 2. The Kier molecular flexibility index (Phi) is 5.36. The van der Waals surface area contributed by atoms with Crippen LogP contribution in [0.1, 0.15) is 18.1 Å². The maximum absolute atomic E-state index is 11.1. The molecule has 5 nitrogen and oxygen atoms in total. The van der Waals surface area contributed by atoms with Gasteiger partial charge in [0.15, 0.2) is 11.5 Å². The molecule has 0 fully saturated rings. The van der Waals surface area contributed by atoms with Gasteiger partial charge in [0.05, 0.1) is 14.2 Å². The summed E-state index contributed by atoms with van der Waals surface area (Å²) in [6.45, 7) is 3.62. The Labute approximate surface area is 112 Å². The van der Waals surface area contributed by atoms with Crippen LogP contribution in [0.15, 0.2) is 12.1 Å². The van der Waals surface area contributed by atoms with Crippen molar-refractivity contribution >= 4 is 11.7 Å². The summed E-state index contributed by atoms with van der Waals surface area (Å²) >= 11 is 0. The number of carbonyl (C=O) groups is 2. The Morgan fingerprint density at radius 3 is 2.26 bits per heavy atom. The summed E-state index contributed by atoms with van der Waals surface area (Å²) < 4.78 is 10.4. The largest absolute Gasteiger partial charge is 0.493 e. The zero-order valence-electron chi connectivity index (χ0n) is 11.7. The number of ether oxygens (including phenoxy) is 2. The number of Topliss-reactive ketones (excluding diaryl/α,β-unsaturated/α-hetero) is 1. The van der Waals surface area contributed by atoms with Crippen molar-refractivity contribution in [3.05, 3.63) is 23.3 Å². The lowest BCUT2D eigenvalue weighted by Gasteiger charge is -2.12. The molecule has 0 aliphatic heterocycles. The van der Waals surface area contributed by atoms with Gasteiger partial charge in [0.25, 0.3) is 5.91 Å². The molecule has 0 radical (unpaired) electrons. The molecule has 1 N–H and O–H groups in total. The van der Waals surface area contributed by atoms with Crippen molar-refractivity contribution in [2.75, 3.05) is 20.8 Å². The standard InChI is InChI=1S/C14H19NO4/c1-9-7-12(18-3)13(19-4)8-11(9)5-6-15-14(17)10(2)16/h7-8H,5-6H2,1-4H3,(H,15,17). The van der Waals surface area contributed by atoms with E-state index in [0.717, 1.165) is 11.1 Å². The van der Waals surface area contributed by atoms with Crippen LogP contribution in [0.3, 0.4) is 0 Å². The van der Waals surface area contributed by atoms with E-state index in [9.17, 15) is 9.59 Å². The van der Waals surface area contributed by atoms with Gasteiger partial charge in [0, 0.05) is 13.5 Å². The highest BCUT2D eigenvalue weighted by atomic mass is 16.5. The normalized spacial score (nSPS) is 9.89. The molecular formula is C14H19NO4. The fourth-order valence-electron chi connectivity index (χ4n) is 1.73. The molecule has 0 heterocycles. The zero-order valence-corrected chi connectivity index (χ0v) is 11.7. The van der Waals surface area contributed by atoms with Crippen LogP contribution >= 0.6 is 0 Å². The molecule has 1 aromatic rings. The Morgan fingerprint density at radius 1 is 1.16 bits per heavy atom. The van der Waals surface area contributed by atoms with Crippen molar-refractivity contribution in [1.29, 1.82) is 0 Å². The summed E-state index contributed by atoms with van der Waals surface area (Å²) in [7, 11) is 3.17. The van der Waals surface area contributed by atoms with Gasteiger partial charge < -0.3 is 14.8 Å². The van der Waals surface area contributed by atoms with Gasteiger partial charge in [0.2, 0.25) is 5.78 Å². The lowest BCUT2D eigenvalue weighted by Crippen LogP contribution is -2.30. The van der Waals surface area contributed by atoms with E-state index in [4.69, 9.17) is 9.47 Å². The first-order valence-electron chi connectivity index (χ1n) is 5.99. The van der Waals surface area contributed by atoms with Crippen LogP contribution in [0.2, 0.25) is 0 Å². The molecule has 0 bridgehead atoms. The zero-order chi connectivity index (χ0) is 14.4. The van der Waals surface area contributed by atoms with E-state index >= 15 is 0 Å². The molecule has 0 saturated heterocycles. The maximum Gasteiger partial charge on any atom is 0.287 e. The summed E-state index contributed by atoms with van der Waals surface area (Å²) in [6, 6.07) is 3.77. The lowest BCUT2D eigenvalue weighted by atomic mass is 10.0. The molecule has 0 unspecified atom stereocenters. The summed E-state index contributed by atoms with van der Waals surface area (Å²) in [5.41, 5.74) is 2.09. The molecule has 1 aromatic carbocycles. The van der Waals surface area contributed by atoms with Gasteiger partial charge in [-0.25, -0.2) is 0 Å². The molecular weight excluding hydrogens is 246 g/mol. The molecule has 5 heteroatoms. The fourth-order valence-corrected chi connectivity index (χ4v) is 1.73. The SMILES string of the molecule is COc1cc(C)c(CCNC(=O)C(C)=O)cc1OC. The van der Waals surface area contributed by atoms with Crippen LogP contribution in [0, 0.1) is 6.92 Å². The minimum absolute atomic E-state index is 0.411. The molecule has 0 aromatic heterocycles. The Hall–Kier alpha value is -2.04. The molecule has 0 saturated carbocycles. The van der Waals surface area contributed by atoms with Crippen molar-refractivity contribution in [1.82, 2.24) is 5.32 Å². The van der Waals surface area contributed by atoms with Crippen LogP contribution in [-0.4, -0.2) is 32.5 Å². The monoisotopic (exact) mass is 265 g/mol. The van der Waals surface area contributed by atoms with Gasteiger partial charge in [-0.3, -0.25) is 9.59 Å². The van der Waals surface area contributed by atoms with Crippen LogP contribution < -0.4 is 14.8 Å². The van der Waals surface area contributed by atoms with Crippen molar-refractivity contribution in [3.63, 3.8) is 0 Å². The van der Waals surface area contributed by atoms with Crippen LogP contribution in [0.4, 0.5) is 0 Å². The minimum atomic E-state index is -0.557. The number of benzene rings is 1. The topological polar surface area (TPSA) is 64.6 Å². The fraction of sp³-hybridized carbons (Fsp3) is 0.429. The Bertz CT molecular complexity index is 483. The van der Waals surface area contributed by atoms with Crippen LogP contribution in [0.25, 0.3) is 0 Å². The van der Waals surface area contributed by atoms with E-state index in [1.807, 2.05) is 19.1 Å². The summed E-state index contributed by atoms with van der Waals surface area (Å²) in [4.78, 5) is 21.9. The molecule has 104 valence electrons. The van der Waals surface area contributed by atoms with E-state index in [-0.39, 0.29) is 0 Å². The average molecular weight is 265 g/mol. The highest BCUT2D eigenvalue weighted by molar-refractivity contribution is 6.35. The van der Waals surface area contributed by atoms with Crippen LogP contribution in [0.5, 0.6) is 11.5 Å². The van der Waals surface area contributed by atoms with Gasteiger partial charge in [-0.1, -0.05) is 0 Å². The van der Waals surface area contributed by atoms with Crippen molar-refractivity contribution in [2.24, 2.45) is 0 Å². The third kappa shape index (κ3) is 3.98. The van der Waals surface area contributed by atoms with Crippen molar-refractivity contribution in [3.8, 4) is 11.5 Å². The number of amides is 1. The molecule has 1 rings (SSSR count). The summed E-state index contributed by atoms with van der Waals surface area (Å²) in [5, 5.41) is 2.56. The second kappa shape index (κ2) is 6.78. The number of aryl methyl sites for hydroxylation is 1. The number of ketones is 1.